The molecule has 0 aliphatic carbocycles. The van der Waals surface area contributed by atoms with E-state index in [9.17, 15) is 0 Å². The van der Waals surface area contributed by atoms with Crippen molar-refractivity contribution in [3.8, 4) is 5.75 Å². The Kier molecular flexibility index (Phi) is 6.16. The molecule has 0 spiro atoms. The predicted octanol–water partition coefficient (Wildman–Crippen LogP) is 3.64. The van der Waals surface area contributed by atoms with Crippen molar-refractivity contribution in [3.05, 3.63) is 24.3 Å². The van der Waals surface area contributed by atoms with Crippen molar-refractivity contribution in [2.24, 2.45) is 0 Å². The molecule has 1 rings (SSSR count). The molecule has 0 bridgehead atoms. The molecule has 90 valence electrons. The summed E-state index contributed by atoms with van der Waals surface area (Å²) in [4.78, 5) is 0. The van der Waals surface area contributed by atoms with E-state index >= 15 is 0 Å². The van der Waals surface area contributed by atoms with Gasteiger partial charge >= 0.3 is 0 Å². The van der Waals surface area contributed by atoms with Crippen LogP contribution in [0.4, 0.5) is 5.69 Å². The summed E-state index contributed by atoms with van der Waals surface area (Å²) in [6.07, 6.45) is 3.57. The van der Waals surface area contributed by atoms with Gasteiger partial charge in [0, 0.05) is 12.2 Å². The highest BCUT2D eigenvalue weighted by atomic mass is 32.2. The predicted molar refractivity (Wildman–Crippen MR) is 73.7 cm³/mol. The van der Waals surface area contributed by atoms with Crippen molar-refractivity contribution >= 4 is 17.4 Å². The van der Waals surface area contributed by atoms with Gasteiger partial charge in [-0.15, -0.1) is 0 Å². The maximum absolute atomic E-state index is 5.58. The van der Waals surface area contributed by atoms with E-state index in [0.29, 0.717) is 0 Å². The third kappa shape index (κ3) is 5.31. The highest BCUT2D eigenvalue weighted by Crippen LogP contribution is 2.16. The zero-order valence-corrected chi connectivity index (χ0v) is 11.1. The molecule has 0 heterocycles. The third-order valence-corrected chi connectivity index (χ3v) is 2.78. The molecule has 1 N–H and O–H groups in total. The summed E-state index contributed by atoms with van der Waals surface area (Å²) < 4.78 is 5.58. The van der Waals surface area contributed by atoms with Gasteiger partial charge in [0.25, 0.3) is 0 Å². The number of nitrogens with one attached hydrogen (secondary N) is 1. The zero-order chi connectivity index (χ0) is 11.8. The maximum Gasteiger partial charge on any atom is 0.119 e. The molecule has 0 amide bonds. The second-order valence-electron chi connectivity index (χ2n) is 3.96. The Morgan fingerprint density at radius 3 is 2.50 bits per heavy atom. The van der Waals surface area contributed by atoms with E-state index in [-0.39, 0.29) is 6.10 Å². The van der Waals surface area contributed by atoms with E-state index in [0.717, 1.165) is 18.0 Å². The molecule has 0 fully saturated rings. The fraction of sp³-hybridized carbons (Fsp3) is 0.538. The molecule has 0 aliphatic rings. The first-order chi connectivity index (χ1) is 7.72. The van der Waals surface area contributed by atoms with Crippen molar-refractivity contribution < 1.29 is 4.74 Å². The molecular weight excluding hydrogens is 218 g/mol. The van der Waals surface area contributed by atoms with E-state index in [1.807, 2.05) is 37.7 Å². The lowest BCUT2D eigenvalue weighted by Crippen LogP contribution is -2.06. The Hall–Kier alpha value is -0.830. The van der Waals surface area contributed by atoms with Gasteiger partial charge in [-0.05, 0) is 56.5 Å². The summed E-state index contributed by atoms with van der Waals surface area (Å²) in [6, 6.07) is 8.15. The van der Waals surface area contributed by atoms with Crippen molar-refractivity contribution in [2.45, 2.75) is 26.4 Å². The molecule has 0 unspecified atom stereocenters. The Morgan fingerprint density at radius 2 is 1.94 bits per heavy atom. The number of hydrogen-bond donors (Lipinski definition) is 1. The Morgan fingerprint density at radius 1 is 1.25 bits per heavy atom. The minimum Gasteiger partial charge on any atom is -0.491 e. The van der Waals surface area contributed by atoms with Crippen LogP contribution < -0.4 is 10.1 Å². The SMILES string of the molecule is CSCCCNc1ccc(OC(C)C)cc1. The van der Waals surface area contributed by atoms with Crippen LogP contribution in [0.25, 0.3) is 0 Å². The summed E-state index contributed by atoms with van der Waals surface area (Å²) in [7, 11) is 0. The largest absolute Gasteiger partial charge is 0.491 e. The molecule has 2 nitrogen and oxygen atoms in total. The summed E-state index contributed by atoms with van der Waals surface area (Å²) in [6.45, 7) is 5.11. The summed E-state index contributed by atoms with van der Waals surface area (Å²) in [5.41, 5.74) is 1.16. The van der Waals surface area contributed by atoms with Crippen LogP contribution in [0.5, 0.6) is 5.75 Å². The lowest BCUT2D eigenvalue weighted by molar-refractivity contribution is 0.242. The molecule has 16 heavy (non-hydrogen) atoms. The monoisotopic (exact) mass is 239 g/mol. The van der Waals surface area contributed by atoms with Crippen molar-refractivity contribution in [2.75, 3.05) is 23.9 Å². The third-order valence-electron chi connectivity index (χ3n) is 2.08. The average molecular weight is 239 g/mol. The standard InChI is InChI=1S/C13H21NOS/c1-11(2)15-13-7-5-12(6-8-13)14-9-4-10-16-3/h5-8,11,14H,4,9-10H2,1-3H3. The van der Waals surface area contributed by atoms with Gasteiger partial charge in [0.2, 0.25) is 0 Å². The van der Waals surface area contributed by atoms with Crippen molar-refractivity contribution in [1.82, 2.24) is 0 Å². The topological polar surface area (TPSA) is 21.3 Å². The summed E-state index contributed by atoms with van der Waals surface area (Å²) >= 11 is 1.89. The van der Waals surface area contributed by atoms with Gasteiger partial charge < -0.3 is 10.1 Å². The second-order valence-corrected chi connectivity index (χ2v) is 4.95. The fourth-order valence-electron chi connectivity index (χ4n) is 1.37. The Bertz CT molecular complexity index is 284. The van der Waals surface area contributed by atoms with E-state index < -0.39 is 0 Å². The smallest absolute Gasteiger partial charge is 0.119 e. The van der Waals surface area contributed by atoms with Crippen molar-refractivity contribution in [1.29, 1.82) is 0 Å². The maximum atomic E-state index is 5.58. The Balaban J connectivity index is 2.33. The van der Waals surface area contributed by atoms with E-state index in [4.69, 9.17) is 4.74 Å². The van der Waals surface area contributed by atoms with Gasteiger partial charge in [-0.3, -0.25) is 0 Å². The molecule has 0 saturated heterocycles. The number of ether oxygens (including phenoxy) is 1. The molecule has 1 aromatic carbocycles. The molecule has 0 aliphatic heterocycles. The first-order valence-corrected chi connectivity index (χ1v) is 7.11. The van der Waals surface area contributed by atoms with Crippen LogP contribution in [-0.4, -0.2) is 24.7 Å². The zero-order valence-electron chi connectivity index (χ0n) is 10.3. The summed E-state index contributed by atoms with van der Waals surface area (Å²) in [5, 5.41) is 3.39. The summed E-state index contributed by atoms with van der Waals surface area (Å²) in [5.74, 6) is 2.14. The van der Waals surface area contributed by atoms with Crippen molar-refractivity contribution in [3.63, 3.8) is 0 Å². The highest BCUT2D eigenvalue weighted by Gasteiger charge is 1.97. The first kappa shape index (κ1) is 13.2. The minimum absolute atomic E-state index is 0.236. The molecule has 0 radical (unpaired) electrons. The fourth-order valence-corrected chi connectivity index (χ4v) is 1.81. The van der Waals surface area contributed by atoms with Gasteiger partial charge in [-0.1, -0.05) is 0 Å². The normalized spacial score (nSPS) is 10.5. The number of thioether (sulfide) groups is 1. The minimum atomic E-state index is 0.236. The van der Waals surface area contributed by atoms with Crippen LogP contribution in [-0.2, 0) is 0 Å². The van der Waals surface area contributed by atoms with E-state index in [1.54, 1.807) is 0 Å². The number of anilines is 1. The van der Waals surface area contributed by atoms with E-state index in [2.05, 4.69) is 23.7 Å². The molecule has 0 aromatic heterocycles. The number of benzene rings is 1. The van der Waals surface area contributed by atoms with Crippen LogP contribution in [0.15, 0.2) is 24.3 Å². The van der Waals surface area contributed by atoms with Crippen LogP contribution >= 0.6 is 11.8 Å². The lowest BCUT2D eigenvalue weighted by atomic mass is 10.3. The van der Waals surface area contributed by atoms with Crippen LogP contribution in [0.3, 0.4) is 0 Å². The average Bonchev–Trinajstić information content (AvgIpc) is 2.26. The molecule has 3 heteroatoms. The number of rotatable bonds is 7. The van der Waals surface area contributed by atoms with Gasteiger partial charge in [0.15, 0.2) is 0 Å². The first-order valence-electron chi connectivity index (χ1n) is 5.72. The molecular formula is C13H21NOS. The highest BCUT2D eigenvalue weighted by molar-refractivity contribution is 7.98. The molecule has 1 aromatic rings. The van der Waals surface area contributed by atoms with Gasteiger partial charge in [0.05, 0.1) is 6.10 Å². The van der Waals surface area contributed by atoms with Gasteiger partial charge in [-0.25, -0.2) is 0 Å². The lowest BCUT2D eigenvalue weighted by Gasteiger charge is -2.11. The Labute approximate surface area is 103 Å². The van der Waals surface area contributed by atoms with Crippen LogP contribution in [0.2, 0.25) is 0 Å². The number of hydrogen-bond acceptors (Lipinski definition) is 3. The molecule has 0 saturated carbocycles. The van der Waals surface area contributed by atoms with Gasteiger partial charge in [0.1, 0.15) is 5.75 Å². The van der Waals surface area contributed by atoms with Crippen LogP contribution in [0, 0.1) is 0 Å². The quantitative estimate of drug-likeness (QED) is 0.734. The van der Waals surface area contributed by atoms with E-state index in [1.165, 1.54) is 12.2 Å². The second kappa shape index (κ2) is 7.44. The van der Waals surface area contributed by atoms with Gasteiger partial charge in [-0.2, -0.15) is 11.8 Å². The molecule has 0 atom stereocenters. The van der Waals surface area contributed by atoms with Crippen LogP contribution in [0.1, 0.15) is 20.3 Å².